The van der Waals surface area contributed by atoms with Crippen LogP contribution in [0.1, 0.15) is 19.4 Å². The molecule has 1 aliphatic rings. The van der Waals surface area contributed by atoms with Crippen LogP contribution in [-0.2, 0) is 11.3 Å². The number of rotatable bonds is 3. The third-order valence-electron chi connectivity index (χ3n) is 3.56. The van der Waals surface area contributed by atoms with Crippen LogP contribution in [-0.4, -0.2) is 31.6 Å². The number of halogens is 1. The lowest BCUT2D eigenvalue weighted by atomic mass is 9.96. The summed E-state index contributed by atoms with van der Waals surface area (Å²) < 4.78 is 1.03. The third kappa shape index (κ3) is 2.77. The van der Waals surface area contributed by atoms with E-state index in [9.17, 15) is 4.79 Å². The molecule has 1 fully saturated rings. The number of anilines is 1. The van der Waals surface area contributed by atoms with Crippen molar-refractivity contribution in [3.63, 3.8) is 0 Å². The van der Waals surface area contributed by atoms with E-state index < -0.39 is 5.54 Å². The van der Waals surface area contributed by atoms with Crippen molar-refractivity contribution >= 4 is 27.5 Å². The highest BCUT2D eigenvalue weighted by atomic mass is 79.9. The minimum absolute atomic E-state index is 0.0779. The quantitative estimate of drug-likeness (QED) is 0.892. The SMILES string of the molecule is CNCc1ccc(Br)cc1N1CCNC(=O)C1(C)C. The van der Waals surface area contributed by atoms with E-state index in [0.717, 1.165) is 23.2 Å². The van der Waals surface area contributed by atoms with Crippen LogP contribution in [0.2, 0.25) is 0 Å². The maximum Gasteiger partial charge on any atom is 0.245 e. The summed E-state index contributed by atoms with van der Waals surface area (Å²) in [6.07, 6.45) is 0. The Labute approximate surface area is 122 Å². The highest BCUT2D eigenvalue weighted by Gasteiger charge is 2.38. The molecule has 1 aromatic carbocycles. The maximum absolute atomic E-state index is 12.1. The molecule has 0 saturated carbocycles. The molecule has 2 N–H and O–H groups in total. The van der Waals surface area contributed by atoms with Gasteiger partial charge in [-0.1, -0.05) is 22.0 Å². The lowest BCUT2D eigenvalue weighted by Gasteiger charge is -2.43. The molecule has 5 heteroatoms. The number of amides is 1. The number of nitrogens with one attached hydrogen (secondary N) is 2. The number of carbonyl (C=O) groups excluding carboxylic acids is 1. The fourth-order valence-corrected chi connectivity index (χ4v) is 2.80. The molecule has 1 amide bonds. The second-order valence-corrected chi connectivity index (χ2v) is 6.19. The zero-order chi connectivity index (χ0) is 14.0. The molecule has 19 heavy (non-hydrogen) atoms. The second-order valence-electron chi connectivity index (χ2n) is 5.27. The lowest BCUT2D eigenvalue weighted by Crippen LogP contribution is -2.62. The molecule has 1 saturated heterocycles. The Balaban J connectivity index is 2.44. The van der Waals surface area contributed by atoms with E-state index in [1.807, 2.05) is 27.0 Å². The van der Waals surface area contributed by atoms with Crippen molar-refractivity contribution in [1.29, 1.82) is 0 Å². The van der Waals surface area contributed by atoms with Crippen molar-refractivity contribution in [2.45, 2.75) is 25.9 Å². The number of carbonyl (C=O) groups is 1. The molecule has 2 rings (SSSR count). The van der Waals surface area contributed by atoms with Gasteiger partial charge in [-0.3, -0.25) is 4.79 Å². The summed E-state index contributed by atoms with van der Waals surface area (Å²) >= 11 is 3.52. The summed E-state index contributed by atoms with van der Waals surface area (Å²) in [6, 6.07) is 6.22. The molecule has 0 radical (unpaired) electrons. The summed E-state index contributed by atoms with van der Waals surface area (Å²) in [5, 5.41) is 6.11. The molecule has 0 unspecified atom stereocenters. The largest absolute Gasteiger partial charge is 0.355 e. The highest BCUT2D eigenvalue weighted by Crippen LogP contribution is 2.31. The number of hydrogen-bond donors (Lipinski definition) is 2. The molecule has 0 aromatic heterocycles. The van der Waals surface area contributed by atoms with E-state index in [0.29, 0.717) is 6.54 Å². The number of nitrogens with zero attached hydrogens (tertiary/aromatic N) is 1. The predicted molar refractivity (Wildman–Crippen MR) is 81.3 cm³/mol. The van der Waals surface area contributed by atoms with Crippen LogP contribution in [0.25, 0.3) is 0 Å². The van der Waals surface area contributed by atoms with Gasteiger partial charge in [0.2, 0.25) is 5.91 Å². The highest BCUT2D eigenvalue weighted by molar-refractivity contribution is 9.10. The summed E-state index contributed by atoms with van der Waals surface area (Å²) in [5.41, 5.74) is 1.79. The van der Waals surface area contributed by atoms with Gasteiger partial charge >= 0.3 is 0 Å². The zero-order valence-electron chi connectivity index (χ0n) is 11.6. The number of benzene rings is 1. The maximum atomic E-state index is 12.1. The predicted octanol–water partition coefficient (Wildman–Crippen LogP) is 1.88. The summed E-state index contributed by atoms with van der Waals surface area (Å²) in [6.45, 7) is 6.23. The van der Waals surface area contributed by atoms with Gasteiger partial charge in [0.05, 0.1) is 0 Å². The molecule has 0 aliphatic carbocycles. The standard InChI is InChI=1S/C14H20BrN3O/c1-14(2)13(19)17-6-7-18(14)12-8-11(15)5-4-10(12)9-16-3/h4-5,8,16H,6-7,9H2,1-3H3,(H,17,19). The number of piperazine rings is 1. The van der Waals surface area contributed by atoms with E-state index in [1.54, 1.807) is 0 Å². The molecule has 4 nitrogen and oxygen atoms in total. The number of hydrogen-bond acceptors (Lipinski definition) is 3. The zero-order valence-corrected chi connectivity index (χ0v) is 13.2. The van der Waals surface area contributed by atoms with Crippen LogP contribution in [0, 0.1) is 0 Å². The summed E-state index contributed by atoms with van der Waals surface area (Å²) in [4.78, 5) is 14.3. The smallest absolute Gasteiger partial charge is 0.245 e. The van der Waals surface area contributed by atoms with Gasteiger partial charge in [-0.05, 0) is 38.6 Å². The Morgan fingerprint density at radius 3 is 2.89 bits per heavy atom. The van der Waals surface area contributed by atoms with Crippen molar-refractivity contribution in [2.24, 2.45) is 0 Å². The molecule has 1 aromatic rings. The van der Waals surface area contributed by atoms with Crippen molar-refractivity contribution in [3.8, 4) is 0 Å². The first-order valence-electron chi connectivity index (χ1n) is 6.46. The molecule has 1 aliphatic heterocycles. The van der Waals surface area contributed by atoms with Crippen LogP contribution in [0.3, 0.4) is 0 Å². The van der Waals surface area contributed by atoms with Gasteiger partial charge in [0, 0.05) is 29.8 Å². The lowest BCUT2D eigenvalue weighted by molar-refractivity contribution is -0.126. The van der Waals surface area contributed by atoms with E-state index >= 15 is 0 Å². The van der Waals surface area contributed by atoms with Gasteiger partial charge in [0.15, 0.2) is 0 Å². The van der Waals surface area contributed by atoms with E-state index in [4.69, 9.17) is 0 Å². The molecular formula is C14H20BrN3O. The monoisotopic (exact) mass is 325 g/mol. The van der Waals surface area contributed by atoms with Crippen LogP contribution in [0.15, 0.2) is 22.7 Å². The fourth-order valence-electron chi connectivity index (χ4n) is 2.45. The molecule has 1 heterocycles. The van der Waals surface area contributed by atoms with Gasteiger partial charge < -0.3 is 15.5 Å². The fraction of sp³-hybridized carbons (Fsp3) is 0.500. The van der Waals surface area contributed by atoms with Gasteiger partial charge in [-0.25, -0.2) is 0 Å². The Hall–Kier alpha value is -1.07. The molecule has 0 atom stereocenters. The average Bonchev–Trinajstić information content (AvgIpc) is 2.35. The first-order chi connectivity index (χ1) is 8.96. The topological polar surface area (TPSA) is 44.4 Å². The molecule has 0 bridgehead atoms. The van der Waals surface area contributed by atoms with Crippen LogP contribution in [0.4, 0.5) is 5.69 Å². The van der Waals surface area contributed by atoms with Gasteiger partial charge in [-0.15, -0.1) is 0 Å². The minimum Gasteiger partial charge on any atom is -0.355 e. The summed E-state index contributed by atoms with van der Waals surface area (Å²) in [7, 11) is 1.93. The first-order valence-corrected chi connectivity index (χ1v) is 7.25. The normalized spacial score (nSPS) is 18.3. The third-order valence-corrected chi connectivity index (χ3v) is 4.05. The van der Waals surface area contributed by atoms with Gasteiger partial charge in [0.25, 0.3) is 0 Å². The Kier molecular flexibility index (Phi) is 4.16. The Morgan fingerprint density at radius 2 is 2.21 bits per heavy atom. The first kappa shape index (κ1) is 14.3. The van der Waals surface area contributed by atoms with Crippen LogP contribution in [0.5, 0.6) is 0 Å². The van der Waals surface area contributed by atoms with E-state index in [-0.39, 0.29) is 5.91 Å². The molecule has 0 spiro atoms. The molecule has 104 valence electrons. The van der Waals surface area contributed by atoms with Gasteiger partial charge in [0.1, 0.15) is 5.54 Å². The van der Waals surface area contributed by atoms with Crippen molar-refractivity contribution in [3.05, 3.63) is 28.2 Å². The van der Waals surface area contributed by atoms with Crippen molar-refractivity contribution < 1.29 is 4.79 Å². The second kappa shape index (κ2) is 5.51. The van der Waals surface area contributed by atoms with Crippen LogP contribution >= 0.6 is 15.9 Å². The van der Waals surface area contributed by atoms with Crippen LogP contribution < -0.4 is 15.5 Å². The van der Waals surface area contributed by atoms with E-state index in [1.165, 1.54) is 5.56 Å². The van der Waals surface area contributed by atoms with E-state index in [2.05, 4.69) is 43.6 Å². The van der Waals surface area contributed by atoms with Crippen molar-refractivity contribution in [2.75, 3.05) is 25.0 Å². The summed E-state index contributed by atoms with van der Waals surface area (Å²) in [5.74, 6) is 0.0779. The minimum atomic E-state index is -0.526. The van der Waals surface area contributed by atoms with Crippen molar-refractivity contribution in [1.82, 2.24) is 10.6 Å². The Morgan fingerprint density at radius 1 is 1.47 bits per heavy atom. The molecular weight excluding hydrogens is 306 g/mol. The van der Waals surface area contributed by atoms with Gasteiger partial charge in [-0.2, -0.15) is 0 Å². The average molecular weight is 326 g/mol. The Bertz CT molecular complexity index is 488.